The van der Waals surface area contributed by atoms with E-state index in [9.17, 15) is 19.2 Å². The predicted octanol–water partition coefficient (Wildman–Crippen LogP) is 0.205. The quantitative estimate of drug-likeness (QED) is 0.412. The van der Waals surface area contributed by atoms with Gasteiger partial charge in [-0.05, 0) is 0 Å². The highest BCUT2D eigenvalue weighted by Crippen LogP contribution is 2.27. The number of ether oxygens (including phenoxy) is 6. The summed E-state index contributed by atoms with van der Waals surface area (Å²) in [6, 6.07) is 0. The molecule has 2 rings (SSSR count). The molecule has 2 aliphatic heterocycles. The summed E-state index contributed by atoms with van der Waals surface area (Å²) in [6.45, 7) is 0. The van der Waals surface area contributed by atoms with Gasteiger partial charge in [-0.1, -0.05) is 0 Å². The Balaban J connectivity index is 2.24. The van der Waals surface area contributed by atoms with E-state index in [4.69, 9.17) is 0 Å². The van der Waals surface area contributed by atoms with Crippen molar-refractivity contribution in [2.45, 2.75) is 6.16 Å². The molecule has 0 atom stereocenters. The Bertz CT molecular complexity index is 296. The molecule has 2 fully saturated rings. The van der Waals surface area contributed by atoms with E-state index in [1.54, 1.807) is 0 Å². The van der Waals surface area contributed by atoms with E-state index in [2.05, 4.69) is 28.4 Å². The van der Waals surface area contributed by atoms with E-state index in [1.165, 1.54) is 0 Å². The largest absolute Gasteiger partial charge is 0.629 e. The van der Waals surface area contributed by atoms with E-state index in [1.807, 2.05) is 0 Å². The van der Waals surface area contributed by atoms with Gasteiger partial charge in [0.1, 0.15) is 0 Å². The molecular formula is C5O10. The van der Waals surface area contributed by atoms with Crippen LogP contribution in [-0.2, 0) is 28.4 Å². The second-order valence-electron chi connectivity index (χ2n) is 2.11. The Kier molecular flexibility index (Phi) is 1.65. The van der Waals surface area contributed by atoms with Crippen molar-refractivity contribution in [2.75, 3.05) is 0 Å². The van der Waals surface area contributed by atoms with Crippen molar-refractivity contribution in [1.82, 2.24) is 0 Å². The maximum absolute atomic E-state index is 10.6. The molecule has 80 valence electrons. The first-order valence-electron chi connectivity index (χ1n) is 3.27. The van der Waals surface area contributed by atoms with Crippen molar-refractivity contribution in [3.63, 3.8) is 0 Å². The minimum Gasteiger partial charge on any atom is -0.327 e. The van der Waals surface area contributed by atoms with Crippen LogP contribution in [0.1, 0.15) is 0 Å². The van der Waals surface area contributed by atoms with E-state index < -0.39 is 30.8 Å². The Hall–Kier alpha value is -2.52. The zero-order chi connectivity index (χ0) is 11.1. The van der Waals surface area contributed by atoms with Gasteiger partial charge in [0.25, 0.3) is 0 Å². The lowest BCUT2D eigenvalue weighted by molar-refractivity contribution is -0.449. The SMILES string of the molecule is O=C1OC(=O)OC2(O1)OC(=O)OC(=O)O2. The van der Waals surface area contributed by atoms with Gasteiger partial charge in [-0.15, -0.1) is 0 Å². The number of cyclic esters (lactones) is 4. The number of hydrogen-bond acceptors (Lipinski definition) is 10. The highest BCUT2D eigenvalue weighted by molar-refractivity contribution is 5.82. The van der Waals surface area contributed by atoms with E-state index in [0.717, 1.165) is 0 Å². The first-order valence-corrected chi connectivity index (χ1v) is 3.27. The summed E-state index contributed by atoms with van der Waals surface area (Å²) in [5.41, 5.74) is 0. The first kappa shape index (κ1) is 9.05. The number of carbonyl (C=O) groups excluding carboxylic acids is 4. The summed E-state index contributed by atoms with van der Waals surface area (Å²) in [6.07, 6.45) is -9.15. The summed E-state index contributed by atoms with van der Waals surface area (Å²) >= 11 is 0. The second-order valence-corrected chi connectivity index (χ2v) is 2.11. The van der Waals surface area contributed by atoms with Crippen LogP contribution in [0.3, 0.4) is 0 Å². The van der Waals surface area contributed by atoms with Crippen LogP contribution in [0.4, 0.5) is 19.2 Å². The molecule has 0 saturated carbocycles. The van der Waals surface area contributed by atoms with Gasteiger partial charge in [0.2, 0.25) is 0 Å². The van der Waals surface area contributed by atoms with E-state index >= 15 is 0 Å². The van der Waals surface area contributed by atoms with E-state index in [0.29, 0.717) is 0 Å². The summed E-state index contributed by atoms with van der Waals surface area (Å²) in [7, 11) is 0. The highest BCUT2D eigenvalue weighted by atomic mass is 17.1. The molecule has 0 aromatic carbocycles. The summed E-state index contributed by atoms with van der Waals surface area (Å²) in [4.78, 5) is 42.4. The minimum atomic E-state index is -2.90. The molecule has 0 amide bonds. The zero-order valence-electron chi connectivity index (χ0n) is 6.58. The van der Waals surface area contributed by atoms with Gasteiger partial charge in [0.15, 0.2) is 0 Å². The fourth-order valence-electron chi connectivity index (χ4n) is 0.753. The maximum atomic E-state index is 10.6. The average Bonchev–Trinajstić information content (AvgIpc) is 1.96. The van der Waals surface area contributed by atoms with Crippen molar-refractivity contribution < 1.29 is 47.6 Å². The third kappa shape index (κ3) is 1.59. The third-order valence-electron chi connectivity index (χ3n) is 1.17. The Morgan fingerprint density at radius 2 is 0.867 bits per heavy atom. The lowest BCUT2D eigenvalue weighted by Gasteiger charge is -2.31. The van der Waals surface area contributed by atoms with Crippen molar-refractivity contribution in [1.29, 1.82) is 0 Å². The van der Waals surface area contributed by atoms with E-state index in [-0.39, 0.29) is 0 Å². The summed E-state index contributed by atoms with van der Waals surface area (Å²) < 4.78 is 23.7. The van der Waals surface area contributed by atoms with Gasteiger partial charge >= 0.3 is 30.8 Å². The fraction of sp³-hybridized carbons (Fsp3) is 0.200. The Morgan fingerprint density at radius 1 is 0.600 bits per heavy atom. The number of hydrogen-bond donors (Lipinski definition) is 0. The van der Waals surface area contributed by atoms with Crippen LogP contribution in [0, 0.1) is 0 Å². The molecule has 2 saturated heterocycles. The molecule has 10 nitrogen and oxygen atoms in total. The smallest absolute Gasteiger partial charge is 0.327 e. The molecule has 2 aliphatic rings. The van der Waals surface area contributed by atoms with Gasteiger partial charge in [-0.3, -0.25) is 0 Å². The monoisotopic (exact) mass is 220 g/mol. The van der Waals surface area contributed by atoms with Crippen LogP contribution >= 0.6 is 0 Å². The van der Waals surface area contributed by atoms with Crippen LogP contribution in [0.5, 0.6) is 0 Å². The Labute approximate surface area is 79.5 Å². The van der Waals surface area contributed by atoms with Gasteiger partial charge < -0.3 is 28.4 Å². The van der Waals surface area contributed by atoms with Crippen molar-refractivity contribution >= 4 is 24.6 Å². The zero-order valence-corrected chi connectivity index (χ0v) is 6.58. The molecule has 0 aromatic heterocycles. The van der Waals surface area contributed by atoms with Crippen LogP contribution < -0.4 is 0 Å². The first-order chi connectivity index (χ1) is 6.99. The van der Waals surface area contributed by atoms with Crippen molar-refractivity contribution in [3.05, 3.63) is 0 Å². The summed E-state index contributed by atoms with van der Waals surface area (Å²) in [5.74, 6) is 0. The van der Waals surface area contributed by atoms with Crippen LogP contribution in [-0.4, -0.2) is 30.8 Å². The van der Waals surface area contributed by atoms with Gasteiger partial charge in [0, 0.05) is 0 Å². The van der Waals surface area contributed by atoms with Crippen LogP contribution in [0.2, 0.25) is 0 Å². The third-order valence-corrected chi connectivity index (χ3v) is 1.17. The van der Waals surface area contributed by atoms with Crippen molar-refractivity contribution in [3.8, 4) is 0 Å². The maximum Gasteiger partial charge on any atom is 0.629 e. The fourth-order valence-corrected chi connectivity index (χ4v) is 0.753. The van der Waals surface area contributed by atoms with Gasteiger partial charge in [0.05, 0.1) is 0 Å². The molecule has 2 heterocycles. The average molecular weight is 220 g/mol. The van der Waals surface area contributed by atoms with Crippen LogP contribution in [0.15, 0.2) is 0 Å². The highest BCUT2D eigenvalue weighted by Gasteiger charge is 2.59. The Morgan fingerprint density at radius 3 is 1.13 bits per heavy atom. The predicted molar refractivity (Wildman–Crippen MR) is 30.8 cm³/mol. The molecule has 15 heavy (non-hydrogen) atoms. The molecule has 0 radical (unpaired) electrons. The molecule has 0 N–H and O–H groups in total. The molecule has 10 heteroatoms. The number of rotatable bonds is 0. The standard InChI is InChI=1S/C5O10/c6-1-10-2(7)13-5(12-1)14-3(8)11-4(9)15-5. The van der Waals surface area contributed by atoms with Crippen molar-refractivity contribution in [2.24, 2.45) is 0 Å². The molecule has 1 spiro atoms. The summed E-state index contributed by atoms with van der Waals surface area (Å²) in [5, 5.41) is 0. The lowest BCUT2D eigenvalue weighted by atomic mass is 10.9. The van der Waals surface area contributed by atoms with Gasteiger partial charge in [-0.25, -0.2) is 19.2 Å². The normalized spacial score (nSPS) is 22.9. The molecule has 0 unspecified atom stereocenters. The lowest BCUT2D eigenvalue weighted by Crippen LogP contribution is -2.55. The number of carbonyl (C=O) groups is 4. The van der Waals surface area contributed by atoms with Crippen LogP contribution in [0.25, 0.3) is 0 Å². The molecule has 0 aliphatic carbocycles. The topological polar surface area (TPSA) is 124 Å². The minimum absolute atomic E-state index is 1.56. The van der Waals surface area contributed by atoms with Gasteiger partial charge in [-0.2, -0.15) is 0 Å². The second kappa shape index (κ2) is 2.73. The molecular weight excluding hydrogens is 220 g/mol. The molecule has 0 bridgehead atoms. The molecule has 0 aromatic rings.